The Morgan fingerprint density at radius 2 is 2.28 bits per heavy atom. The number of nitrogens with one attached hydrogen (secondary N) is 2. The Bertz CT molecular complexity index is 739. The molecule has 3 N–H and O–H groups in total. The number of hydrogen-bond donors (Lipinski definition) is 3. The molecule has 0 atom stereocenters. The Morgan fingerprint density at radius 3 is 3.00 bits per heavy atom. The van der Waals surface area contributed by atoms with E-state index in [0.29, 0.717) is 5.76 Å². The third-order valence-electron chi connectivity index (χ3n) is 2.51. The fraction of sp³-hybridized carbons (Fsp3) is 0.222. The minimum absolute atomic E-state index is 0.0285. The number of H-pyrrole nitrogens is 2. The Balaban J connectivity index is 2.02. The first-order chi connectivity index (χ1) is 8.63. The zero-order valence-corrected chi connectivity index (χ0v) is 9.08. The van der Waals surface area contributed by atoms with Crippen molar-refractivity contribution in [3.05, 3.63) is 39.1 Å². The lowest BCUT2D eigenvalue weighted by molar-refractivity contribution is -0.0810. The molecule has 2 aromatic heterocycles. The van der Waals surface area contributed by atoms with Crippen LogP contribution in [0.5, 0.6) is 0 Å². The summed E-state index contributed by atoms with van der Waals surface area (Å²) in [6.45, 7) is 0.160. The summed E-state index contributed by atoms with van der Waals surface area (Å²) < 4.78 is 6.39. The van der Waals surface area contributed by atoms with Gasteiger partial charge in [-0.15, -0.1) is 0 Å². The topological polar surface area (TPSA) is 116 Å². The van der Waals surface area contributed by atoms with E-state index in [9.17, 15) is 9.59 Å². The van der Waals surface area contributed by atoms with Gasteiger partial charge in [-0.3, -0.25) is 24.5 Å². The SMILES string of the molecule is O=c1[nH]c2ncn(CC3=CN(O)CO3)c(=O)c2[nH]1. The van der Waals surface area contributed by atoms with Crippen LogP contribution in [0.3, 0.4) is 0 Å². The van der Waals surface area contributed by atoms with Crippen molar-refractivity contribution in [2.75, 3.05) is 6.73 Å². The van der Waals surface area contributed by atoms with E-state index in [2.05, 4.69) is 15.0 Å². The van der Waals surface area contributed by atoms with E-state index in [1.54, 1.807) is 0 Å². The molecule has 94 valence electrons. The number of aromatic nitrogens is 4. The van der Waals surface area contributed by atoms with Gasteiger partial charge in [-0.25, -0.2) is 14.8 Å². The molecule has 3 rings (SSSR count). The highest BCUT2D eigenvalue weighted by Gasteiger charge is 2.14. The second-order valence-corrected chi connectivity index (χ2v) is 3.79. The Labute approximate surface area is 98.9 Å². The summed E-state index contributed by atoms with van der Waals surface area (Å²) in [4.78, 5) is 31.8. The molecule has 0 amide bonds. The lowest BCUT2D eigenvalue weighted by Gasteiger charge is -2.05. The molecule has 18 heavy (non-hydrogen) atoms. The maximum atomic E-state index is 12.0. The molecule has 0 saturated carbocycles. The molecule has 0 saturated heterocycles. The van der Waals surface area contributed by atoms with Crippen molar-refractivity contribution in [3.63, 3.8) is 0 Å². The third-order valence-corrected chi connectivity index (χ3v) is 2.51. The maximum Gasteiger partial charge on any atom is 0.325 e. The summed E-state index contributed by atoms with van der Waals surface area (Å²) >= 11 is 0. The van der Waals surface area contributed by atoms with Gasteiger partial charge < -0.3 is 4.74 Å². The number of fused-ring (bicyclic) bond motifs is 1. The first-order valence-electron chi connectivity index (χ1n) is 5.10. The summed E-state index contributed by atoms with van der Waals surface area (Å²) in [7, 11) is 0. The highest BCUT2D eigenvalue weighted by Crippen LogP contribution is 2.10. The predicted octanol–water partition coefficient (Wildman–Crippen LogP) is -1.07. The standard InChI is InChI=1S/C9H9N5O4/c15-8-6-7(12-9(16)11-6)10-3-13(8)1-5-2-14(17)4-18-5/h2-3,17H,1,4H2,(H2,11,12,16). The number of hydrogen-bond acceptors (Lipinski definition) is 6. The van der Waals surface area contributed by atoms with Crippen molar-refractivity contribution in [2.45, 2.75) is 6.54 Å². The molecule has 0 bridgehead atoms. The molecule has 0 unspecified atom stereocenters. The smallest absolute Gasteiger partial charge is 0.325 e. The van der Waals surface area contributed by atoms with Crippen LogP contribution >= 0.6 is 0 Å². The average Bonchev–Trinajstić information content (AvgIpc) is 2.89. The number of rotatable bonds is 2. The fourth-order valence-electron chi connectivity index (χ4n) is 1.71. The van der Waals surface area contributed by atoms with Crippen LogP contribution in [0.2, 0.25) is 0 Å². The summed E-state index contributed by atoms with van der Waals surface area (Å²) in [5.74, 6) is 0.429. The molecule has 3 heterocycles. The van der Waals surface area contributed by atoms with Gasteiger partial charge in [0.25, 0.3) is 5.56 Å². The lowest BCUT2D eigenvalue weighted by Crippen LogP contribution is -2.22. The minimum atomic E-state index is -0.481. The molecule has 1 aliphatic rings. The summed E-state index contributed by atoms with van der Waals surface area (Å²) in [5, 5.41) is 9.96. The fourth-order valence-corrected chi connectivity index (χ4v) is 1.71. The van der Waals surface area contributed by atoms with Crippen LogP contribution in [0.25, 0.3) is 11.2 Å². The zero-order chi connectivity index (χ0) is 12.7. The van der Waals surface area contributed by atoms with Gasteiger partial charge in [0.2, 0.25) is 0 Å². The average molecular weight is 251 g/mol. The van der Waals surface area contributed by atoms with Gasteiger partial charge in [0.05, 0.1) is 12.7 Å². The van der Waals surface area contributed by atoms with Gasteiger partial charge in [-0.1, -0.05) is 0 Å². The predicted molar refractivity (Wildman–Crippen MR) is 58.6 cm³/mol. The van der Waals surface area contributed by atoms with E-state index < -0.39 is 5.69 Å². The van der Waals surface area contributed by atoms with Crippen LogP contribution in [0.1, 0.15) is 0 Å². The van der Waals surface area contributed by atoms with Gasteiger partial charge in [-0.05, 0) is 0 Å². The van der Waals surface area contributed by atoms with E-state index in [1.165, 1.54) is 17.1 Å². The van der Waals surface area contributed by atoms with Crippen LogP contribution in [0.4, 0.5) is 0 Å². The molecule has 9 heteroatoms. The zero-order valence-electron chi connectivity index (χ0n) is 9.08. The largest absolute Gasteiger partial charge is 0.472 e. The molecule has 0 fully saturated rings. The van der Waals surface area contributed by atoms with E-state index in [0.717, 1.165) is 5.06 Å². The monoisotopic (exact) mass is 251 g/mol. The van der Waals surface area contributed by atoms with Crippen LogP contribution in [-0.2, 0) is 11.3 Å². The lowest BCUT2D eigenvalue weighted by atomic mass is 10.4. The third kappa shape index (κ3) is 1.66. The molecule has 9 nitrogen and oxygen atoms in total. The first-order valence-corrected chi connectivity index (χ1v) is 5.10. The van der Waals surface area contributed by atoms with Crippen LogP contribution < -0.4 is 11.2 Å². The summed E-state index contributed by atoms with van der Waals surface area (Å²) in [5.41, 5.74) is -0.544. The van der Waals surface area contributed by atoms with Crippen molar-refractivity contribution in [3.8, 4) is 0 Å². The maximum absolute atomic E-state index is 12.0. The summed E-state index contributed by atoms with van der Waals surface area (Å²) in [6.07, 6.45) is 2.68. The molecule has 0 aromatic carbocycles. The minimum Gasteiger partial charge on any atom is -0.472 e. The highest BCUT2D eigenvalue weighted by atomic mass is 16.6. The van der Waals surface area contributed by atoms with Crippen LogP contribution in [0, 0.1) is 0 Å². The molecule has 0 aliphatic carbocycles. The Hall–Kier alpha value is -2.55. The van der Waals surface area contributed by atoms with Crippen molar-refractivity contribution in [1.82, 2.24) is 24.6 Å². The number of imidazole rings is 1. The van der Waals surface area contributed by atoms with Crippen molar-refractivity contribution >= 4 is 11.2 Å². The quantitative estimate of drug-likeness (QED) is 0.626. The Morgan fingerprint density at radius 1 is 1.44 bits per heavy atom. The van der Waals surface area contributed by atoms with Crippen molar-refractivity contribution in [2.24, 2.45) is 0 Å². The van der Waals surface area contributed by atoms with Gasteiger partial charge in [-0.2, -0.15) is 0 Å². The highest BCUT2D eigenvalue weighted by molar-refractivity contribution is 5.67. The molecule has 1 aliphatic heterocycles. The molecule has 0 radical (unpaired) electrons. The molecular formula is C9H9N5O4. The van der Waals surface area contributed by atoms with Gasteiger partial charge in [0.15, 0.2) is 17.9 Å². The number of aromatic amines is 2. The van der Waals surface area contributed by atoms with Crippen molar-refractivity contribution < 1.29 is 9.94 Å². The second-order valence-electron chi connectivity index (χ2n) is 3.79. The van der Waals surface area contributed by atoms with Gasteiger partial charge in [0, 0.05) is 0 Å². The first kappa shape index (κ1) is 10.6. The second kappa shape index (κ2) is 3.74. The number of nitrogens with zero attached hydrogens (tertiary/aromatic N) is 3. The molecule has 0 spiro atoms. The number of ether oxygens (including phenoxy) is 1. The van der Waals surface area contributed by atoms with E-state index in [4.69, 9.17) is 9.94 Å². The van der Waals surface area contributed by atoms with Gasteiger partial charge in [0.1, 0.15) is 12.1 Å². The van der Waals surface area contributed by atoms with Crippen molar-refractivity contribution in [1.29, 1.82) is 0 Å². The number of hydroxylamine groups is 2. The van der Waals surface area contributed by atoms with E-state index in [-0.39, 0.29) is 30.0 Å². The number of allylic oxidation sites excluding steroid dienone is 1. The van der Waals surface area contributed by atoms with Crippen LogP contribution in [0.15, 0.2) is 27.9 Å². The van der Waals surface area contributed by atoms with Gasteiger partial charge >= 0.3 is 5.69 Å². The Kier molecular flexibility index (Phi) is 2.20. The molecule has 2 aromatic rings. The van der Waals surface area contributed by atoms with Crippen LogP contribution in [-0.4, -0.2) is 36.5 Å². The summed E-state index contributed by atoms with van der Waals surface area (Å²) in [6, 6.07) is 0. The molecular weight excluding hydrogens is 242 g/mol. The van der Waals surface area contributed by atoms with E-state index in [1.807, 2.05) is 0 Å². The van der Waals surface area contributed by atoms with E-state index >= 15 is 0 Å². The normalized spacial score (nSPS) is 14.9.